The zero-order valence-electron chi connectivity index (χ0n) is 23.7. The number of carbonyl (C=O) groups is 2. The molecule has 3 heterocycles. The lowest BCUT2D eigenvalue weighted by molar-refractivity contribution is -0.139. The second-order valence-electron chi connectivity index (χ2n) is 9.57. The van der Waals surface area contributed by atoms with Gasteiger partial charge in [-0.1, -0.05) is 54.2 Å². The van der Waals surface area contributed by atoms with Crippen LogP contribution in [0.5, 0.6) is 11.5 Å². The maximum atomic E-state index is 13.3. The molecule has 1 atom stereocenters. The van der Waals surface area contributed by atoms with E-state index in [1.807, 2.05) is 77.0 Å². The van der Waals surface area contributed by atoms with Gasteiger partial charge in [-0.05, 0) is 54.6 Å². The van der Waals surface area contributed by atoms with Gasteiger partial charge in [-0.2, -0.15) is 0 Å². The minimum Gasteiger partial charge on any atom is -0.493 e. The average molecular weight is 585 g/mol. The van der Waals surface area contributed by atoms with Gasteiger partial charge in [-0.3, -0.25) is 9.78 Å². The third kappa shape index (κ3) is 6.49. The van der Waals surface area contributed by atoms with Crippen LogP contribution in [0.4, 0.5) is 0 Å². The van der Waals surface area contributed by atoms with E-state index in [0.29, 0.717) is 41.1 Å². The van der Waals surface area contributed by atoms with Crippen molar-refractivity contribution in [2.24, 2.45) is 4.99 Å². The van der Waals surface area contributed by atoms with Gasteiger partial charge in [0.2, 0.25) is 5.91 Å². The summed E-state index contributed by atoms with van der Waals surface area (Å²) in [7, 11) is 1.58. The van der Waals surface area contributed by atoms with E-state index < -0.39 is 12.0 Å². The molecule has 3 aromatic rings. The van der Waals surface area contributed by atoms with E-state index in [1.165, 1.54) is 11.8 Å². The fourth-order valence-corrected chi connectivity index (χ4v) is 5.75. The number of pyridine rings is 1. The third-order valence-corrected chi connectivity index (χ3v) is 7.66. The number of allylic oxidation sites excluding steroid dienone is 1. The Morgan fingerprint density at radius 1 is 1.05 bits per heavy atom. The molecule has 0 saturated carbocycles. The number of esters is 1. The predicted octanol–water partition coefficient (Wildman–Crippen LogP) is 5.51. The summed E-state index contributed by atoms with van der Waals surface area (Å²) in [6, 6.07) is 20.5. The SMILES string of the molecule is CCOC(=O)C1=C(C)N=C2SC=C(CC(=O)NCc3ccccn3)N2C1c1ccc(OCc2ccccc2)c(OC)c1. The van der Waals surface area contributed by atoms with Gasteiger partial charge in [-0.15, -0.1) is 0 Å². The van der Waals surface area contributed by atoms with Crippen LogP contribution in [0.3, 0.4) is 0 Å². The number of hydrogen-bond acceptors (Lipinski definition) is 9. The zero-order valence-corrected chi connectivity index (χ0v) is 24.5. The molecule has 0 radical (unpaired) electrons. The highest BCUT2D eigenvalue weighted by Crippen LogP contribution is 2.46. The van der Waals surface area contributed by atoms with Crippen molar-refractivity contribution in [2.45, 2.75) is 39.5 Å². The molecular formula is C32H32N4O5S. The number of thioether (sulfide) groups is 1. The first-order chi connectivity index (χ1) is 20.5. The molecule has 0 spiro atoms. The molecule has 0 aliphatic carbocycles. The fourth-order valence-electron chi connectivity index (χ4n) is 4.78. The Labute approximate surface area is 249 Å². The molecule has 0 saturated heterocycles. The zero-order chi connectivity index (χ0) is 29.5. The molecule has 1 aromatic heterocycles. The summed E-state index contributed by atoms with van der Waals surface area (Å²) in [5, 5.41) is 5.52. The lowest BCUT2D eigenvalue weighted by atomic mass is 9.93. The van der Waals surface area contributed by atoms with Crippen LogP contribution in [0.15, 0.2) is 100 Å². The van der Waals surface area contributed by atoms with E-state index in [-0.39, 0.29) is 18.9 Å². The van der Waals surface area contributed by atoms with Gasteiger partial charge in [0.25, 0.3) is 0 Å². The Bertz CT molecular complexity index is 1540. The standard InChI is InChI=1S/C32H32N4O5S/c1-4-40-31(38)29-21(2)35-32-36(25(20-42-32)17-28(37)34-18-24-12-8-9-15-33-24)30(29)23-13-14-26(27(16-23)39-3)41-19-22-10-6-5-7-11-22/h5-16,20,30H,4,17-19H2,1-3H3,(H,34,37). The highest BCUT2D eigenvalue weighted by Gasteiger charge is 2.41. The van der Waals surface area contributed by atoms with Gasteiger partial charge in [-0.25, -0.2) is 9.79 Å². The van der Waals surface area contributed by atoms with Gasteiger partial charge in [0.05, 0.1) is 49.7 Å². The smallest absolute Gasteiger partial charge is 0.338 e. The lowest BCUT2D eigenvalue weighted by Crippen LogP contribution is -2.38. The van der Waals surface area contributed by atoms with Gasteiger partial charge in [0, 0.05) is 11.9 Å². The Hall–Kier alpha value is -4.57. The summed E-state index contributed by atoms with van der Waals surface area (Å²) >= 11 is 1.42. The van der Waals surface area contributed by atoms with Crippen molar-refractivity contribution in [1.29, 1.82) is 0 Å². The summed E-state index contributed by atoms with van der Waals surface area (Å²) in [6.45, 7) is 4.50. The lowest BCUT2D eigenvalue weighted by Gasteiger charge is -2.36. The summed E-state index contributed by atoms with van der Waals surface area (Å²) in [5.74, 6) is 0.480. The Morgan fingerprint density at radius 3 is 2.60 bits per heavy atom. The maximum absolute atomic E-state index is 13.3. The van der Waals surface area contributed by atoms with E-state index in [1.54, 1.807) is 27.2 Å². The van der Waals surface area contributed by atoms with Crippen LogP contribution in [0.2, 0.25) is 0 Å². The number of nitrogens with zero attached hydrogens (tertiary/aromatic N) is 3. The number of aromatic nitrogens is 1. The van der Waals surface area contributed by atoms with Crippen LogP contribution in [0.25, 0.3) is 0 Å². The van der Waals surface area contributed by atoms with Gasteiger partial charge in [0.1, 0.15) is 6.61 Å². The van der Waals surface area contributed by atoms with E-state index in [4.69, 9.17) is 19.2 Å². The second-order valence-corrected chi connectivity index (χ2v) is 10.4. The molecule has 2 aromatic carbocycles. The van der Waals surface area contributed by atoms with Crippen LogP contribution in [-0.4, -0.2) is 40.6 Å². The van der Waals surface area contributed by atoms with Crippen molar-refractivity contribution in [1.82, 2.24) is 15.2 Å². The molecule has 10 heteroatoms. The molecule has 42 heavy (non-hydrogen) atoms. The van der Waals surface area contributed by atoms with E-state index in [9.17, 15) is 9.59 Å². The first kappa shape index (κ1) is 28.9. The normalized spacial score (nSPS) is 15.9. The predicted molar refractivity (Wildman–Crippen MR) is 161 cm³/mol. The number of carbonyl (C=O) groups excluding carboxylic acids is 2. The van der Waals surface area contributed by atoms with Crippen LogP contribution >= 0.6 is 11.8 Å². The molecule has 2 aliphatic heterocycles. The molecule has 5 rings (SSSR count). The first-order valence-electron chi connectivity index (χ1n) is 13.6. The molecular weight excluding hydrogens is 552 g/mol. The van der Waals surface area contributed by atoms with Crippen LogP contribution < -0.4 is 14.8 Å². The van der Waals surface area contributed by atoms with Crippen molar-refractivity contribution in [3.8, 4) is 11.5 Å². The maximum Gasteiger partial charge on any atom is 0.338 e. The summed E-state index contributed by atoms with van der Waals surface area (Å²) in [5.41, 5.74) is 4.27. The number of aliphatic imine (C=N–C) groups is 1. The Kier molecular flexibility index (Phi) is 9.23. The minimum atomic E-state index is -0.585. The molecule has 1 amide bonds. The summed E-state index contributed by atoms with van der Waals surface area (Å²) in [4.78, 5) is 37.2. The quantitative estimate of drug-likeness (QED) is 0.294. The third-order valence-electron chi connectivity index (χ3n) is 6.77. The molecule has 216 valence electrons. The summed E-state index contributed by atoms with van der Waals surface area (Å²) < 4.78 is 17.3. The first-order valence-corrected chi connectivity index (χ1v) is 14.5. The largest absolute Gasteiger partial charge is 0.493 e. The summed E-state index contributed by atoms with van der Waals surface area (Å²) in [6.07, 6.45) is 1.79. The minimum absolute atomic E-state index is 0.0971. The fraction of sp³-hybridized carbons (Fsp3) is 0.250. The van der Waals surface area contributed by atoms with Crippen molar-refractivity contribution < 1.29 is 23.8 Å². The molecule has 1 unspecified atom stereocenters. The molecule has 2 aliphatic rings. The molecule has 9 nitrogen and oxygen atoms in total. The van der Waals surface area contributed by atoms with Gasteiger partial charge >= 0.3 is 5.97 Å². The molecule has 0 fully saturated rings. The second kappa shape index (κ2) is 13.4. The van der Waals surface area contributed by atoms with Crippen molar-refractivity contribution in [3.63, 3.8) is 0 Å². The van der Waals surface area contributed by atoms with Crippen molar-refractivity contribution in [3.05, 3.63) is 112 Å². The number of methoxy groups -OCH3 is 1. The van der Waals surface area contributed by atoms with Crippen LogP contribution in [0, 0.1) is 0 Å². The van der Waals surface area contributed by atoms with Gasteiger partial charge in [0.15, 0.2) is 16.7 Å². The topological polar surface area (TPSA) is 102 Å². The van der Waals surface area contributed by atoms with Crippen LogP contribution in [-0.2, 0) is 27.5 Å². The number of fused-ring (bicyclic) bond motifs is 1. The number of rotatable bonds is 11. The molecule has 0 bridgehead atoms. The molecule has 1 N–H and O–H groups in total. The van der Waals surface area contributed by atoms with Crippen molar-refractivity contribution in [2.75, 3.05) is 13.7 Å². The number of benzene rings is 2. The van der Waals surface area contributed by atoms with E-state index >= 15 is 0 Å². The average Bonchev–Trinajstić information content (AvgIpc) is 3.40. The van der Waals surface area contributed by atoms with E-state index in [0.717, 1.165) is 22.5 Å². The monoisotopic (exact) mass is 584 g/mol. The highest BCUT2D eigenvalue weighted by molar-refractivity contribution is 8.16. The van der Waals surface area contributed by atoms with Gasteiger partial charge < -0.3 is 24.4 Å². The number of hydrogen-bond donors (Lipinski definition) is 1. The van der Waals surface area contributed by atoms with Crippen LogP contribution in [0.1, 0.15) is 43.1 Å². The van der Waals surface area contributed by atoms with Crippen molar-refractivity contribution >= 4 is 28.8 Å². The number of amidine groups is 1. The Balaban J connectivity index is 1.43. The van der Waals surface area contributed by atoms with E-state index in [2.05, 4.69) is 10.3 Å². The number of amides is 1. The number of ether oxygens (including phenoxy) is 3. The highest BCUT2D eigenvalue weighted by atomic mass is 32.2. The number of nitrogens with one attached hydrogen (secondary N) is 1. The Morgan fingerprint density at radius 2 is 1.86 bits per heavy atom.